The maximum Gasteiger partial charge on any atom is 0.245 e. The number of nitrogens with one attached hydrogen (secondary N) is 13. The van der Waals surface area contributed by atoms with Gasteiger partial charge in [0.05, 0.1) is 38.6 Å². The van der Waals surface area contributed by atoms with Crippen molar-refractivity contribution in [3.8, 4) is 0 Å². The molecule has 0 spiro atoms. The number of nitrogens with zero attached hydrogens (tertiary/aromatic N) is 1. The van der Waals surface area contributed by atoms with Crippen molar-refractivity contribution in [2.24, 2.45) is 34.8 Å². The summed E-state index contributed by atoms with van der Waals surface area (Å²) in [5.41, 5.74) is 23.9. The van der Waals surface area contributed by atoms with E-state index < -0.39 is 170 Å². The Bertz CT molecular complexity index is 2890. The summed E-state index contributed by atoms with van der Waals surface area (Å²) in [5.74, 6) is -11.1. The van der Waals surface area contributed by atoms with Crippen LogP contribution in [0.4, 0.5) is 0 Å². The molecule has 3 rings (SSSR count). The highest BCUT2D eigenvalue weighted by Crippen LogP contribution is 2.20. The molecule has 0 fully saturated rings. The van der Waals surface area contributed by atoms with Crippen LogP contribution in [0.1, 0.15) is 90.8 Å². The van der Waals surface area contributed by atoms with Crippen LogP contribution in [-0.4, -0.2) is 196 Å². The molecule has 32 nitrogen and oxygen atoms in total. The van der Waals surface area contributed by atoms with E-state index in [1.807, 2.05) is 20.1 Å². The number of benzene rings is 1. The number of carbonyl (C=O) groups is 13. The third kappa shape index (κ3) is 26.7. The molecule has 0 saturated heterocycles. The number of carbonyl (C=O) groups excluding carboxylic acids is 13. The van der Waals surface area contributed by atoms with Crippen LogP contribution in [0.25, 0.3) is 10.9 Å². The number of para-hydroxylation sites is 1. The van der Waals surface area contributed by atoms with Gasteiger partial charge in [0.25, 0.3) is 0 Å². The van der Waals surface area contributed by atoms with Gasteiger partial charge in [-0.05, 0) is 81.0 Å². The normalized spacial score (nSPS) is 14.2. The van der Waals surface area contributed by atoms with Gasteiger partial charge in [-0.15, -0.1) is 0 Å². The minimum Gasteiger partial charge on any atom is -0.394 e. The summed E-state index contributed by atoms with van der Waals surface area (Å²) in [6, 6.07) is -4.64. The highest BCUT2D eigenvalue weighted by molar-refractivity contribution is 7.98. The van der Waals surface area contributed by atoms with Crippen molar-refractivity contribution in [2.45, 2.75) is 147 Å². The Morgan fingerprint density at radius 1 is 0.596 bits per heavy atom. The van der Waals surface area contributed by atoms with Gasteiger partial charge in [0, 0.05) is 48.3 Å². The zero-order chi connectivity index (χ0) is 66.3. The summed E-state index contributed by atoms with van der Waals surface area (Å²) in [5, 5.41) is 37.7. The quantitative estimate of drug-likeness (QED) is 0.0236. The molecule has 492 valence electrons. The number of thioether (sulfide) groups is 1. The number of hydrogen-bond donors (Lipinski definition) is 18. The molecule has 13 amide bonds. The number of primary amides is 2. The lowest BCUT2D eigenvalue weighted by Crippen LogP contribution is -2.59. The van der Waals surface area contributed by atoms with Gasteiger partial charge >= 0.3 is 0 Å². The fourth-order valence-corrected chi connectivity index (χ4v) is 9.25. The van der Waals surface area contributed by atoms with Crippen LogP contribution in [0.5, 0.6) is 0 Å². The summed E-state index contributed by atoms with van der Waals surface area (Å²) in [7, 11) is 0. The zero-order valence-electron chi connectivity index (χ0n) is 50.9. The van der Waals surface area contributed by atoms with E-state index in [-0.39, 0.29) is 38.0 Å². The predicted octanol–water partition coefficient (Wildman–Crippen LogP) is -5.42. The number of fused-ring (bicyclic) bond motifs is 1. The van der Waals surface area contributed by atoms with Gasteiger partial charge in [-0.1, -0.05) is 52.3 Å². The van der Waals surface area contributed by atoms with Gasteiger partial charge in [0.1, 0.15) is 48.3 Å². The molecule has 0 bridgehead atoms. The van der Waals surface area contributed by atoms with Gasteiger partial charge in [-0.2, -0.15) is 11.8 Å². The van der Waals surface area contributed by atoms with E-state index in [0.29, 0.717) is 53.7 Å². The number of rotatable bonds is 41. The number of imidazole rings is 1. The number of nitrogens with two attached hydrogens (primary N) is 4. The lowest BCUT2D eigenvalue weighted by molar-refractivity contribution is -0.135. The lowest BCUT2D eigenvalue weighted by atomic mass is 10.0. The lowest BCUT2D eigenvalue weighted by Gasteiger charge is -2.26. The zero-order valence-corrected chi connectivity index (χ0v) is 51.7. The molecule has 9 atom stereocenters. The summed E-state index contributed by atoms with van der Waals surface area (Å²) in [4.78, 5) is 182. The minimum atomic E-state index is -1.58. The molecular formula is C56H88N18O14S. The second kappa shape index (κ2) is 38.6. The highest BCUT2D eigenvalue weighted by Gasteiger charge is 2.34. The number of unbranched alkanes of at least 4 members (excludes halogenated alkanes) is 1. The Morgan fingerprint density at radius 2 is 1.16 bits per heavy atom. The number of aromatic nitrogens is 3. The Morgan fingerprint density at radius 3 is 1.74 bits per heavy atom. The molecule has 1 aromatic carbocycles. The molecule has 0 aliphatic carbocycles. The molecule has 0 radical (unpaired) electrons. The second-order valence-electron chi connectivity index (χ2n) is 21.9. The van der Waals surface area contributed by atoms with Crippen molar-refractivity contribution in [1.29, 1.82) is 0 Å². The van der Waals surface area contributed by atoms with E-state index in [1.165, 1.54) is 31.2 Å². The van der Waals surface area contributed by atoms with Crippen LogP contribution < -0.4 is 81.4 Å². The Labute approximate surface area is 519 Å². The first-order chi connectivity index (χ1) is 42.2. The van der Waals surface area contributed by atoms with Crippen molar-refractivity contribution in [3.05, 3.63) is 54.2 Å². The van der Waals surface area contributed by atoms with E-state index in [2.05, 4.69) is 73.4 Å². The Kier molecular flexibility index (Phi) is 32.3. The molecule has 2 aromatic heterocycles. The molecule has 2 heterocycles. The molecule has 0 aliphatic heterocycles. The molecule has 89 heavy (non-hydrogen) atoms. The summed E-state index contributed by atoms with van der Waals surface area (Å²) >= 11 is 1.45. The average Bonchev–Trinajstić information content (AvgIpc) is 3.59. The second-order valence-corrected chi connectivity index (χ2v) is 22.9. The van der Waals surface area contributed by atoms with Gasteiger partial charge in [0.15, 0.2) is 0 Å². The topological polar surface area (TPSA) is 523 Å². The van der Waals surface area contributed by atoms with Crippen molar-refractivity contribution < 1.29 is 67.4 Å². The number of hydrogen-bond acceptors (Lipinski definition) is 18. The maximum absolute atomic E-state index is 14.3. The monoisotopic (exact) mass is 1270 g/mol. The summed E-state index contributed by atoms with van der Waals surface area (Å²) in [6.45, 7) is 5.57. The highest BCUT2D eigenvalue weighted by atomic mass is 32.2. The Balaban J connectivity index is 1.73. The SMILES string of the molecule is CSCCC(NC(=O)C(CC(C)C)NC(=O)C(Cc1cnc[nH]1)NC(=O)CNC(=O)C(NC(=O)C(C)NC(=O)C(Cc1c[nH]c2ccccc12)NC(=O)C(CCC(N)=O)NC(=O)CNC(=O)C(CO)NC(=O)CNC(=O)C(N)CCCCN)C(C)C)C(N)=O. The number of H-pyrrole nitrogens is 2. The fraction of sp³-hybridized carbons (Fsp3) is 0.571. The number of aliphatic hydroxyl groups is 1. The number of aromatic amines is 2. The summed E-state index contributed by atoms with van der Waals surface area (Å²) < 4.78 is 0. The van der Waals surface area contributed by atoms with E-state index in [1.54, 1.807) is 44.3 Å². The van der Waals surface area contributed by atoms with Crippen LogP contribution in [0, 0.1) is 11.8 Å². The average molecular weight is 1270 g/mol. The molecule has 3 aromatic rings. The van der Waals surface area contributed by atoms with Gasteiger partial charge in [-0.3, -0.25) is 62.3 Å². The molecule has 22 N–H and O–H groups in total. The largest absolute Gasteiger partial charge is 0.394 e. The number of amides is 13. The van der Waals surface area contributed by atoms with E-state index in [9.17, 15) is 67.4 Å². The fourth-order valence-electron chi connectivity index (χ4n) is 8.78. The third-order valence-corrected chi connectivity index (χ3v) is 14.4. The van der Waals surface area contributed by atoms with Gasteiger partial charge in [-0.25, -0.2) is 4.98 Å². The van der Waals surface area contributed by atoms with Crippen LogP contribution in [0.2, 0.25) is 0 Å². The van der Waals surface area contributed by atoms with Crippen molar-refractivity contribution >= 4 is 99.5 Å². The molecule has 0 aliphatic rings. The first-order valence-corrected chi connectivity index (χ1v) is 30.5. The standard InChI is InChI=1S/C56H88N18O14S/c1-29(2)19-39(54(86)71-37(48(60)80)16-18-89-6)72-55(87)41(21-33-23-61-28-66-33)69-45(78)26-65-56(88)47(30(3)4)74-49(81)31(5)67-53(85)40(20-32-22-62-36-13-8-7-11-34(32)36)73-52(84)38(14-15-43(59)76)68-44(77)25-64-51(83)42(27-75)70-46(79)24-63-50(82)35(58)12-9-10-17-57/h7-8,11,13,22-23,28-31,35,37-42,47,62,75H,9-10,12,14-21,24-27,57-58H2,1-6H3,(H2,59,76)(H2,60,80)(H,61,66)(H,63,82)(H,64,83)(H,65,88)(H,67,85)(H,68,77)(H,69,78)(H,70,79)(H,71,86)(H,72,87)(H,73,84)(H,74,81). The number of aliphatic hydroxyl groups excluding tert-OH is 1. The van der Waals surface area contributed by atoms with Crippen LogP contribution in [0.15, 0.2) is 43.0 Å². The van der Waals surface area contributed by atoms with E-state index in [4.69, 9.17) is 22.9 Å². The predicted molar refractivity (Wildman–Crippen MR) is 327 cm³/mol. The Hall–Kier alpha value is -8.69. The molecule has 9 unspecified atom stereocenters. The minimum absolute atomic E-state index is 0.103. The van der Waals surface area contributed by atoms with Crippen molar-refractivity contribution in [1.82, 2.24) is 73.4 Å². The van der Waals surface area contributed by atoms with Crippen LogP contribution >= 0.6 is 11.8 Å². The van der Waals surface area contributed by atoms with Crippen LogP contribution in [-0.2, 0) is 75.2 Å². The molecular weight excluding hydrogens is 1180 g/mol. The summed E-state index contributed by atoms with van der Waals surface area (Å²) in [6.07, 6.45) is 7.04. The smallest absolute Gasteiger partial charge is 0.245 e. The van der Waals surface area contributed by atoms with Crippen LogP contribution in [0.3, 0.4) is 0 Å². The first-order valence-electron chi connectivity index (χ1n) is 29.1. The van der Waals surface area contributed by atoms with Gasteiger partial charge in [0.2, 0.25) is 76.8 Å². The molecule has 33 heteroatoms. The molecule has 0 saturated carbocycles. The third-order valence-electron chi connectivity index (χ3n) is 13.7. The van der Waals surface area contributed by atoms with Crippen molar-refractivity contribution in [2.75, 3.05) is 44.8 Å². The van der Waals surface area contributed by atoms with E-state index >= 15 is 0 Å². The first kappa shape index (κ1) is 74.6. The van der Waals surface area contributed by atoms with E-state index in [0.717, 1.165) is 0 Å². The van der Waals surface area contributed by atoms with Gasteiger partial charge < -0.3 is 96.5 Å². The maximum atomic E-state index is 14.3. The van der Waals surface area contributed by atoms with Crippen molar-refractivity contribution in [3.63, 3.8) is 0 Å².